The first kappa shape index (κ1) is 11.6. The van der Waals surface area contributed by atoms with Crippen molar-refractivity contribution in [3.8, 4) is 0 Å². The van der Waals surface area contributed by atoms with E-state index >= 15 is 0 Å². The van der Waals surface area contributed by atoms with Gasteiger partial charge in [-0.05, 0) is 24.1 Å². The van der Waals surface area contributed by atoms with Crippen LogP contribution in [0.3, 0.4) is 0 Å². The van der Waals surface area contributed by atoms with Gasteiger partial charge < -0.3 is 5.11 Å². The average Bonchev–Trinajstić information content (AvgIpc) is 2.05. The van der Waals surface area contributed by atoms with Crippen molar-refractivity contribution >= 4 is 31.8 Å². The van der Waals surface area contributed by atoms with Crippen LogP contribution >= 0.6 is 0 Å². The van der Waals surface area contributed by atoms with E-state index in [0.29, 0.717) is 5.56 Å². The van der Waals surface area contributed by atoms with Crippen LogP contribution in [0, 0.1) is 0 Å². The number of aromatic carboxylic acids is 1. The van der Waals surface area contributed by atoms with Crippen LogP contribution in [0.2, 0.25) is 0 Å². The summed E-state index contributed by atoms with van der Waals surface area (Å²) >= 11 is 0. The van der Waals surface area contributed by atoms with Gasteiger partial charge in [-0.1, -0.05) is 19.1 Å². The number of hydrogen-bond acceptors (Lipinski definition) is 1. The number of benzene rings is 1. The van der Waals surface area contributed by atoms with E-state index in [1.165, 1.54) is 0 Å². The number of carboxylic acid groups (broad SMARTS) is 1. The molecule has 0 heterocycles. The molecule has 1 rings (SSSR count). The fraction of sp³-hybridized carbons (Fsp3) is 0.222. The summed E-state index contributed by atoms with van der Waals surface area (Å²) in [6.45, 7) is 2.00. The van der Waals surface area contributed by atoms with E-state index in [4.69, 9.17) is 5.11 Å². The summed E-state index contributed by atoms with van der Waals surface area (Å²) in [6, 6.07) is 6.98. The van der Waals surface area contributed by atoms with Crippen LogP contribution < -0.4 is 0 Å². The number of aryl methyl sites for hydroxylation is 1. The maximum atomic E-state index is 10.5. The predicted molar refractivity (Wildman–Crippen MR) is 52.7 cm³/mol. The number of hydrogen-bond donors (Lipinski definition) is 1. The van der Waals surface area contributed by atoms with Crippen molar-refractivity contribution in [2.75, 3.05) is 0 Å². The monoisotopic (exact) mass is 268 g/mol. The molecule has 1 N–H and O–H groups in total. The summed E-state index contributed by atoms with van der Waals surface area (Å²) in [5.74, 6) is -0.861. The van der Waals surface area contributed by atoms with Crippen molar-refractivity contribution in [3.05, 3.63) is 35.4 Å². The van der Waals surface area contributed by atoms with E-state index in [1.54, 1.807) is 18.2 Å². The van der Waals surface area contributed by atoms with E-state index in [9.17, 15) is 4.79 Å². The summed E-state index contributed by atoms with van der Waals surface area (Å²) in [5.41, 5.74) is 1.43. The van der Waals surface area contributed by atoms with Crippen molar-refractivity contribution in [3.63, 3.8) is 0 Å². The van der Waals surface area contributed by atoms with Gasteiger partial charge in [-0.15, -0.1) is 0 Å². The Morgan fingerprint density at radius 1 is 1.50 bits per heavy atom. The summed E-state index contributed by atoms with van der Waals surface area (Å²) in [7, 11) is 0. The second-order valence-electron chi connectivity index (χ2n) is 2.36. The molecule has 12 heavy (non-hydrogen) atoms. The molecule has 64 valence electrons. The van der Waals surface area contributed by atoms with E-state index in [1.807, 2.05) is 13.0 Å². The fourth-order valence-electron chi connectivity index (χ4n) is 0.924. The predicted octanol–water partition coefficient (Wildman–Crippen LogP) is 0.763. The average molecular weight is 268 g/mol. The molecule has 0 aromatic heterocycles. The molecule has 1 aromatic carbocycles. The Labute approximate surface area is 90.4 Å². The third-order valence-corrected chi connectivity index (χ3v) is 1.58. The Hall–Kier alpha value is -0.440. The van der Waals surface area contributed by atoms with Gasteiger partial charge in [0.2, 0.25) is 0 Å². The SMILES string of the molecule is CCc1cccc(C(=O)O)c1.[InH3]. The van der Waals surface area contributed by atoms with Gasteiger partial charge in [0.1, 0.15) is 0 Å². The van der Waals surface area contributed by atoms with Crippen LogP contribution in [-0.4, -0.2) is 36.9 Å². The number of carbonyl (C=O) groups is 1. The molecule has 0 radical (unpaired) electrons. The van der Waals surface area contributed by atoms with E-state index in [2.05, 4.69) is 0 Å². The molecule has 0 bridgehead atoms. The molecule has 1 aromatic rings. The summed E-state index contributed by atoms with van der Waals surface area (Å²) in [6.07, 6.45) is 0.876. The van der Waals surface area contributed by atoms with Gasteiger partial charge in [-0.3, -0.25) is 0 Å². The Morgan fingerprint density at radius 2 is 2.17 bits per heavy atom. The standard InChI is InChI=1S/C9H10O2.In.3H/c1-2-7-4-3-5-8(6-7)9(10)11;;;;/h3-6H,2H2,1H3,(H,10,11);;;;. The molecule has 0 aliphatic heterocycles. The van der Waals surface area contributed by atoms with Crippen molar-refractivity contribution in [1.29, 1.82) is 0 Å². The Bertz CT molecular complexity index is 271. The molecule has 0 spiro atoms. The van der Waals surface area contributed by atoms with Crippen LogP contribution in [0.4, 0.5) is 0 Å². The Kier molecular flexibility index (Phi) is 5.06. The minimum atomic E-state index is -0.861. The number of carboxylic acids is 1. The van der Waals surface area contributed by atoms with Crippen molar-refractivity contribution in [2.24, 2.45) is 0 Å². The Morgan fingerprint density at radius 3 is 2.67 bits per heavy atom. The first-order chi connectivity index (χ1) is 5.24. The van der Waals surface area contributed by atoms with Gasteiger partial charge in [0, 0.05) is 0 Å². The third kappa shape index (κ3) is 2.89. The maximum absolute atomic E-state index is 10.5. The second-order valence-corrected chi connectivity index (χ2v) is 2.36. The minimum absolute atomic E-state index is 0. The van der Waals surface area contributed by atoms with Gasteiger partial charge >= 0.3 is 31.8 Å². The van der Waals surface area contributed by atoms with Crippen LogP contribution in [0.15, 0.2) is 24.3 Å². The van der Waals surface area contributed by atoms with Gasteiger partial charge in [-0.2, -0.15) is 0 Å². The van der Waals surface area contributed by atoms with Crippen LogP contribution in [0.5, 0.6) is 0 Å². The van der Waals surface area contributed by atoms with Crippen molar-refractivity contribution in [1.82, 2.24) is 0 Å². The molecule has 0 aliphatic carbocycles. The molecule has 0 amide bonds. The van der Waals surface area contributed by atoms with Gasteiger partial charge in [-0.25, -0.2) is 4.79 Å². The Balaban J connectivity index is 0.00000121. The molecule has 0 unspecified atom stereocenters. The zero-order valence-corrected chi connectivity index (χ0v) is 6.37. The topological polar surface area (TPSA) is 37.3 Å². The summed E-state index contributed by atoms with van der Waals surface area (Å²) in [5, 5.41) is 8.60. The zero-order chi connectivity index (χ0) is 8.27. The van der Waals surface area contributed by atoms with Crippen molar-refractivity contribution < 1.29 is 9.90 Å². The third-order valence-electron chi connectivity index (χ3n) is 1.58. The first-order valence-electron chi connectivity index (χ1n) is 3.56. The zero-order valence-electron chi connectivity index (χ0n) is 6.37. The van der Waals surface area contributed by atoms with Gasteiger partial charge in [0.05, 0.1) is 5.56 Å². The summed E-state index contributed by atoms with van der Waals surface area (Å²) < 4.78 is 0. The molecular weight excluding hydrogens is 255 g/mol. The van der Waals surface area contributed by atoms with E-state index < -0.39 is 5.97 Å². The van der Waals surface area contributed by atoms with Crippen molar-refractivity contribution in [2.45, 2.75) is 13.3 Å². The molecule has 0 fully saturated rings. The van der Waals surface area contributed by atoms with E-state index in [0.717, 1.165) is 12.0 Å². The first-order valence-corrected chi connectivity index (χ1v) is 3.56. The molecular formula is C9H13InO2. The molecule has 0 atom stereocenters. The number of rotatable bonds is 2. The molecule has 2 nitrogen and oxygen atoms in total. The quantitative estimate of drug-likeness (QED) is 0.860. The van der Waals surface area contributed by atoms with Crippen LogP contribution in [-0.2, 0) is 6.42 Å². The second kappa shape index (κ2) is 5.25. The molecule has 3 heteroatoms. The van der Waals surface area contributed by atoms with E-state index in [-0.39, 0.29) is 25.8 Å². The van der Waals surface area contributed by atoms with Crippen LogP contribution in [0.25, 0.3) is 0 Å². The van der Waals surface area contributed by atoms with Gasteiger partial charge in [0.25, 0.3) is 0 Å². The van der Waals surface area contributed by atoms with Gasteiger partial charge in [0.15, 0.2) is 0 Å². The summed E-state index contributed by atoms with van der Waals surface area (Å²) in [4.78, 5) is 10.5. The fourth-order valence-corrected chi connectivity index (χ4v) is 0.924. The normalized spacial score (nSPS) is 8.75. The molecule has 0 aliphatic rings. The molecule has 0 saturated carbocycles. The van der Waals surface area contributed by atoms with Crippen LogP contribution in [0.1, 0.15) is 22.8 Å². The molecule has 0 saturated heterocycles.